The Morgan fingerprint density at radius 1 is 1.41 bits per heavy atom. The van der Waals surface area contributed by atoms with Gasteiger partial charge in [0, 0.05) is 17.3 Å². The molecule has 0 unspecified atom stereocenters. The van der Waals surface area contributed by atoms with Crippen LogP contribution in [-0.2, 0) is 17.6 Å². The third-order valence-corrected chi connectivity index (χ3v) is 4.10. The number of amides is 1. The number of aliphatic carboxylic acids is 1. The number of thiophene rings is 1. The summed E-state index contributed by atoms with van der Waals surface area (Å²) in [5.74, 6) is -1.16. The van der Waals surface area contributed by atoms with E-state index in [2.05, 4.69) is 0 Å². The molecule has 0 bridgehead atoms. The van der Waals surface area contributed by atoms with E-state index in [4.69, 9.17) is 5.11 Å². The summed E-state index contributed by atoms with van der Waals surface area (Å²) in [5.41, 5.74) is 1.84. The van der Waals surface area contributed by atoms with E-state index in [1.54, 1.807) is 11.3 Å². The van der Waals surface area contributed by atoms with Gasteiger partial charge in [-0.15, -0.1) is 11.3 Å². The van der Waals surface area contributed by atoms with Crippen molar-refractivity contribution in [1.29, 1.82) is 0 Å². The number of hydrogen-bond acceptors (Lipinski definition) is 3. The fraction of sp³-hybridized carbons (Fsp3) is 0.500. The second-order valence-corrected chi connectivity index (χ2v) is 5.28. The highest BCUT2D eigenvalue weighted by Crippen LogP contribution is 2.30. The minimum atomic E-state index is -0.982. The number of carbonyl (C=O) groups excluding carboxylic acids is 1. The molecular formula is C12H15NO3S. The predicted molar refractivity (Wildman–Crippen MR) is 65.6 cm³/mol. The second-order valence-electron chi connectivity index (χ2n) is 4.31. The molecule has 1 aromatic heterocycles. The minimum Gasteiger partial charge on any atom is -0.480 e. The molecule has 1 aliphatic rings. The van der Waals surface area contributed by atoms with Gasteiger partial charge in [-0.3, -0.25) is 9.59 Å². The van der Waals surface area contributed by atoms with Gasteiger partial charge in [0.25, 0.3) is 5.91 Å². The Kier molecular flexibility index (Phi) is 3.47. The highest BCUT2D eigenvalue weighted by molar-refractivity contribution is 7.10. The van der Waals surface area contributed by atoms with Crippen LogP contribution in [0.5, 0.6) is 0 Å². The molecule has 5 heteroatoms. The van der Waals surface area contributed by atoms with Crippen molar-refractivity contribution in [3.05, 3.63) is 21.4 Å². The van der Waals surface area contributed by atoms with Gasteiger partial charge in [0.2, 0.25) is 0 Å². The van der Waals surface area contributed by atoms with Gasteiger partial charge in [0.05, 0.1) is 5.56 Å². The number of fused-ring (bicyclic) bond motifs is 1. The minimum absolute atomic E-state index is 0.174. The molecule has 0 aliphatic heterocycles. The van der Waals surface area contributed by atoms with E-state index in [0.717, 1.165) is 24.8 Å². The van der Waals surface area contributed by atoms with E-state index in [0.29, 0.717) is 5.56 Å². The van der Waals surface area contributed by atoms with Gasteiger partial charge in [-0.25, -0.2) is 0 Å². The summed E-state index contributed by atoms with van der Waals surface area (Å²) < 4.78 is 0. The number of carboxylic acids is 1. The van der Waals surface area contributed by atoms with Gasteiger partial charge >= 0.3 is 5.97 Å². The number of hydrogen-bond donors (Lipinski definition) is 1. The van der Waals surface area contributed by atoms with Crippen molar-refractivity contribution >= 4 is 23.2 Å². The van der Waals surface area contributed by atoms with Crippen molar-refractivity contribution in [1.82, 2.24) is 4.90 Å². The molecule has 17 heavy (non-hydrogen) atoms. The lowest BCUT2D eigenvalue weighted by molar-refractivity contribution is -0.137. The fourth-order valence-corrected chi connectivity index (χ4v) is 3.27. The third-order valence-electron chi connectivity index (χ3n) is 3.01. The summed E-state index contributed by atoms with van der Waals surface area (Å²) in [7, 11) is 1.53. The summed E-state index contributed by atoms with van der Waals surface area (Å²) >= 11 is 1.62. The Hall–Kier alpha value is -1.36. The maximum absolute atomic E-state index is 12.1. The first-order valence-electron chi connectivity index (χ1n) is 5.66. The monoisotopic (exact) mass is 253 g/mol. The van der Waals surface area contributed by atoms with Crippen molar-refractivity contribution in [2.75, 3.05) is 13.6 Å². The molecular weight excluding hydrogens is 238 g/mol. The molecule has 1 N–H and O–H groups in total. The van der Waals surface area contributed by atoms with E-state index >= 15 is 0 Å². The Morgan fingerprint density at radius 2 is 2.12 bits per heavy atom. The number of nitrogens with zero attached hydrogens (tertiary/aromatic N) is 1. The Morgan fingerprint density at radius 3 is 2.82 bits per heavy atom. The molecule has 2 rings (SSSR count). The maximum atomic E-state index is 12.1. The zero-order valence-electron chi connectivity index (χ0n) is 9.73. The summed E-state index contributed by atoms with van der Waals surface area (Å²) in [6, 6.07) is 0. The van der Waals surface area contributed by atoms with Crippen molar-refractivity contribution in [2.45, 2.75) is 25.7 Å². The van der Waals surface area contributed by atoms with Crippen molar-refractivity contribution in [3.8, 4) is 0 Å². The number of aryl methyl sites for hydroxylation is 1. The van der Waals surface area contributed by atoms with Crippen LogP contribution in [0.4, 0.5) is 0 Å². The van der Waals surface area contributed by atoms with Gasteiger partial charge in [0.1, 0.15) is 6.54 Å². The van der Waals surface area contributed by atoms with Gasteiger partial charge in [0.15, 0.2) is 0 Å². The lowest BCUT2D eigenvalue weighted by atomic mass is 9.95. The maximum Gasteiger partial charge on any atom is 0.323 e. The normalized spacial score (nSPS) is 14.2. The summed E-state index contributed by atoms with van der Waals surface area (Å²) in [6.07, 6.45) is 4.30. The molecule has 0 aromatic carbocycles. The zero-order chi connectivity index (χ0) is 12.4. The molecule has 1 aromatic rings. The van der Waals surface area contributed by atoms with Crippen LogP contribution in [0.1, 0.15) is 33.6 Å². The summed E-state index contributed by atoms with van der Waals surface area (Å²) in [4.78, 5) is 25.2. The largest absolute Gasteiger partial charge is 0.480 e. The second kappa shape index (κ2) is 4.87. The quantitative estimate of drug-likeness (QED) is 0.893. The number of likely N-dealkylation sites (N-methyl/N-ethyl adjacent to an activating group) is 1. The summed E-state index contributed by atoms with van der Waals surface area (Å²) in [5, 5.41) is 10.5. The third kappa shape index (κ3) is 2.49. The standard InChI is InChI=1S/C12H15NO3S/c1-13(6-11(14)15)12(16)9-7-17-10-5-3-2-4-8(9)10/h7H,2-6H2,1H3,(H,14,15). The lowest BCUT2D eigenvalue weighted by Gasteiger charge is -2.17. The Balaban J connectivity index is 2.19. The van der Waals surface area contributed by atoms with Gasteiger partial charge < -0.3 is 10.0 Å². The van der Waals surface area contributed by atoms with Crippen LogP contribution in [0, 0.1) is 0 Å². The molecule has 0 atom stereocenters. The van der Waals surface area contributed by atoms with Gasteiger partial charge in [-0.2, -0.15) is 0 Å². The van der Waals surface area contributed by atoms with Crippen molar-refractivity contribution in [3.63, 3.8) is 0 Å². The average molecular weight is 253 g/mol. The van der Waals surface area contributed by atoms with Crippen LogP contribution in [-0.4, -0.2) is 35.5 Å². The topological polar surface area (TPSA) is 57.6 Å². The molecule has 0 saturated heterocycles. The van der Waals surface area contributed by atoms with Gasteiger partial charge in [-0.1, -0.05) is 0 Å². The smallest absolute Gasteiger partial charge is 0.323 e. The van der Waals surface area contributed by atoms with Crippen LogP contribution in [0.25, 0.3) is 0 Å². The first kappa shape index (κ1) is 12.1. The first-order chi connectivity index (χ1) is 8.09. The van der Waals surface area contributed by atoms with Gasteiger partial charge in [-0.05, 0) is 31.2 Å². The lowest BCUT2D eigenvalue weighted by Crippen LogP contribution is -2.32. The van der Waals surface area contributed by atoms with E-state index in [9.17, 15) is 9.59 Å². The highest BCUT2D eigenvalue weighted by Gasteiger charge is 2.23. The van der Waals surface area contributed by atoms with E-state index in [1.807, 2.05) is 5.38 Å². The van der Waals surface area contributed by atoms with Crippen LogP contribution in [0.2, 0.25) is 0 Å². The number of carboxylic acid groups (broad SMARTS) is 1. The fourth-order valence-electron chi connectivity index (χ4n) is 2.15. The molecule has 1 aliphatic carbocycles. The molecule has 1 heterocycles. The van der Waals surface area contributed by atoms with E-state index < -0.39 is 5.97 Å². The summed E-state index contributed by atoms with van der Waals surface area (Å²) in [6.45, 7) is -0.247. The van der Waals surface area contributed by atoms with E-state index in [-0.39, 0.29) is 12.5 Å². The van der Waals surface area contributed by atoms with Crippen LogP contribution in [0.15, 0.2) is 5.38 Å². The molecule has 0 fully saturated rings. The average Bonchev–Trinajstić information content (AvgIpc) is 2.70. The first-order valence-corrected chi connectivity index (χ1v) is 6.54. The van der Waals surface area contributed by atoms with Crippen LogP contribution in [0.3, 0.4) is 0 Å². The van der Waals surface area contributed by atoms with Crippen LogP contribution < -0.4 is 0 Å². The predicted octanol–water partition coefficient (Wildman–Crippen LogP) is 1.78. The Bertz CT molecular complexity index is 453. The van der Waals surface area contributed by atoms with Crippen LogP contribution >= 0.6 is 11.3 Å². The molecule has 92 valence electrons. The highest BCUT2D eigenvalue weighted by atomic mass is 32.1. The van der Waals surface area contributed by atoms with Crippen molar-refractivity contribution < 1.29 is 14.7 Å². The van der Waals surface area contributed by atoms with Crippen molar-refractivity contribution in [2.24, 2.45) is 0 Å². The molecule has 0 saturated carbocycles. The molecule has 1 amide bonds. The number of carbonyl (C=O) groups is 2. The Labute approximate surface area is 104 Å². The van der Waals surface area contributed by atoms with E-state index in [1.165, 1.54) is 23.2 Å². The zero-order valence-corrected chi connectivity index (χ0v) is 10.5. The molecule has 0 radical (unpaired) electrons. The molecule has 4 nitrogen and oxygen atoms in total. The number of rotatable bonds is 3. The molecule has 0 spiro atoms. The SMILES string of the molecule is CN(CC(=O)O)C(=O)c1csc2c1CCCC2.